The minimum Gasteiger partial charge on any atom is -0.497 e. The second-order valence-electron chi connectivity index (χ2n) is 9.39. The maximum atomic E-state index is 13.0. The van der Waals surface area contributed by atoms with Gasteiger partial charge in [0.25, 0.3) is 5.91 Å². The molecule has 2 aromatic heterocycles. The summed E-state index contributed by atoms with van der Waals surface area (Å²) in [5, 5.41) is 6.08. The molecule has 1 aromatic carbocycles. The summed E-state index contributed by atoms with van der Waals surface area (Å²) in [6.45, 7) is 5.84. The number of carbonyl (C=O) groups excluding carboxylic acids is 1. The molecule has 0 bridgehead atoms. The summed E-state index contributed by atoms with van der Waals surface area (Å²) >= 11 is 1.59. The third kappa shape index (κ3) is 5.89. The number of carbonyl (C=O) groups is 1. The maximum Gasteiger partial charge on any atom is 0.253 e. The molecule has 4 rings (SSSR count). The van der Waals surface area contributed by atoms with Gasteiger partial charge in [0.15, 0.2) is 0 Å². The Morgan fingerprint density at radius 3 is 2.49 bits per heavy atom. The molecule has 35 heavy (non-hydrogen) atoms. The van der Waals surface area contributed by atoms with Crippen LogP contribution in [0.25, 0.3) is 22.0 Å². The Balaban J connectivity index is 1.69. The van der Waals surface area contributed by atoms with Crippen LogP contribution < -0.4 is 14.8 Å². The lowest BCUT2D eigenvalue weighted by atomic mass is 9.89. The number of hydrogen-bond acceptors (Lipinski definition) is 5. The van der Waals surface area contributed by atoms with Crippen molar-refractivity contribution in [1.29, 1.82) is 0 Å². The van der Waals surface area contributed by atoms with Gasteiger partial charge in [0.1, 0.15) is 16.5 Å². The monoisotopic (exact) mass is 495 g/mol. The summed E-state index contributed by atoms with van der Waals surface area (Å²) in [6, 6.07) is 7.85. The van der Waals surface area contributed by atoms with Gasteiger partial charge in [-0.05, 0) is 50.3 Å². The molecule has 1 saturated carbocycles. The molecule has 6 nitrogen and oxygen atoms in total. The molecule has 7 heteroatoms. The van der Waals surface area contributed by atoms with Crippen molar-refractivity contribution >= 4 is 17.2 Å². The minimum atomic E-state index is 0.00702. The third-order valence-electron chi connectivity index (χ3n) is 6.96. The molecule has 0 atom stereocenters. The third-order valence-corrected chi connectivity index (χ3v) is 7.85. The maximum absolute atomic E-state index is 13.0. The number of thiazole rings is 1. The largest absolute Gasteiger partial charge is 0.497 e. The summed E-state index contributed by atoms with van der Waals surface area (Å²) in [5.41, 5.74) is 4.66. The van der Waals surface area contributed by atoms with Crippen molar-refractivity contribution < 1.29 is 14.3 Å². The topological polar surface area (TPSA) is 65.4 Å². The van der Waals surface area contributed by atoms with E-state index in [2.05, 4.69) is 29.1 Å². The van der Waals surface area contributed by atoms with Crippen molar-refractivity contribution in [1.82, 2.24) is 14.9 Å². The number of rotatable bonds is 10. The molecule has 0 unspecified atom stereocenters. The Hall–Kier alpha value is -2.80. The number of unbranched alkanes of at least 4 members (excludes halogenated alkanes) is 1. The van der Waals surface area contributed by atoms with E-state index in [0.29, 0.717) is 12.5 Å². The van der Waals surface area contributed by atoms with Crippen molar-refractivity contribution in [2.75, 3.05) is 20.8 Å². The fraction of sp³-hybridized carbons (Fsp3) is 0.500. The zero-order chi connectivity index (χ0) is 24.8. The van der Waals surface area contributed by atoms with Crippen LogP contribution in [0.5, 0.6) is 11.5 Å². The first-order valence-corrected chi connectivity index (χ1v) is 13.6. The van der Waals surface area contributed by atoms with Crippen LogP contribution in [0.15, 0.2) is 29.6 Å². The van der Waals surface area contributed by atoms with E-state index in [1.165, 1.54) is 32.1 Å². The summed E-state index contributed by atoms with van der Waals surface area (Å²) in [4.78, 5) is 18.0. The van der Waals surface area contributed by atoms with Gasteiger partial charge in [-0.1, -0.05) is 32.6 Å². The fourth-order valence-electron chi connectivity index (χ4n) is 4.88. The number of nitrogens with zero attached hydrogens (tertiary/aromatic N) is 2. The SMILES string of the molecule is CCCCNC(=O)c1cc(-c2csc(-c3cc(OC)cc(OC)c3)n2)n(CC2CCCCC2)c1C. The van der Waals surface area contributed by atoms with Crippen LogP contribution in [0.1, 0.15) is 67.9 Å². The Morgan fingerprint density at radius 1 is 1.11 bits per heavy atom. The molecular weight excluding hydrogens is 458 g/mol. The van der Waals surface area contributed by atoms with E-state index in [1.807, 2.05) is 24.3 Å². The van der Waals surface area contributed by atoms with Gasteiger partial charge in [0.05, 0.1) is 31.2 Å². The van der Waals surface area contributed by atoms with Crippen molar-refractivity contribution in [2.24, 2.45) is 5.92 Å². The average molecular weight is 496 g/mol. The highest BCUT2D eigenvalue weighted by Crippen LogP contribution is 2.36. The highest BCUT2D eigenvalue weighted by atomic mass is 32.1. The van der Waals surface area contributed by atoms with Gasteiger partial charge in [-0.3, -0.25) is 4.79 Å². The molecule has 0 spiro atoms. The first-order valence-electron chi connectivity index (χ1n) is 12.7. The van der Waals surface area contributed by atoms with E-state index in [1.54, 1.807) is 25.6 Å². The Kier molecular flexibility index (Phi) is 8.50. The van der Waals surface area contributed by atoms with Crippen molar-refractivity contribution in [2.45, 2.75) is 65.3 Å². The summed E-state index contributed by atoms with van der Waals surface area (Å²) < 4.78 is 13.2. The van der Waals surface area contributed by atoms with Crippen LogP contribution in [-0.2, 0) is 6.54 Å². The van der Waals surface area contributed by atoms with Gasteiger partial charge in [-0.15, -0.1) is 11.3 Å². The molecule has 1 fully saturated rings. The predicted octanol–water partition coefficient (Wildman–Crippen LogP) is 6.71. The standard InChI is InChI=1S/C28H37N3O3S/c1-5-6-12-29-27(32)24-16-26(31(19(24)2)17-20-10-8-7-9-11-20)25-18-35-28(30-25)21-13-22(33-3)15-23(14-21)34-4/h13-16,18,20H,5-12,17H2,1-4H3,(H,29,32). The molecular formula is C28H37N3O3S. The van der Waals surface area contributed by atoms with E-state index < -0.39 is 0 Å². The Bertz CT molecular complexity index is 1120. The van der Waals surface area contributed by atoms with Crippen LogP contribution in [0.3, 0.4) is 0 Å². The van der Waals surface area contributed by atoms with Crippen LogP contribution in [-0.4, -0.2) is 36.2 Å². The normalized spacial score (nSPS) is 14.2. The predicted molar refractivity (Wildman–Crippen MR) is 143 cm³/mol. The zero-order valence-corrected chi connectivity index (χ0v) is 22.2. The lowest BCUT2D eigenvalue weighted by molar-refractivity contribution is 0.0952. The van der Waals surface area contributed by atoms with E-state index >= 15 is 0 Å². The highest BCUT2D eigenvalue weighted by molar-refractivity contribution is 7.13. The quantitative estimate of drug-likeness (QED) is 0.317. The fourth-order valence-corrected chi connectivity index (χ4v) is 5.68. The van der Waals surface area contributed by atoms with Gasteiger partial charge in [0, 0.05) is 35.8 Å². The summed E-state index contributed by atoms with van der Waals surface area (Å²) in [5.74, 6) is 2.12. The second-order valence-corrected chi connectivity index (χ2v) is 10.3. The zero-order valence-electron chi connectivity index (χ0n) is 21.4. The van der Waals surface area contributed by atoms with E-state index in [4.69, 9.17) is 14.5 Å². The number of methoxy groups -OCH3 is 2. The molecule has 1 aliphatic rings. The second kappa shape index (κ2) is 11.8. The molecule has 0 aliphatic heterocycles. The Morgan fingerprint density at radius 2 is 1.83 bits per heavy atom. The highest BCUT2D eigenvalue weighted by Gasteiger charge is 2.23. The van der Waals surface area contributed by atoms with E-state index in [0.717, 1.165) is 64.1 Å². The van der Waals surface area contributed by atoms with Crippen molar-refractivity contribution in [3.8, 4) is 33.5 Å². The number of aromatic nitrogens is 2. The smallest absolute Gasteiger partial charge is 0.253 e. The number of ether oxygens (including phenoxy) is 2. The first-order chi connectivity index (χ1) is 17.0. The molecule has 2 heterocycles. The van der Waals surface area contributed by atoms with Gasteiger partial charge >= 0.3 is 0 Å². The van der Waals surface area contributed by atoms with Crippen LogP contribution in [0, 0.1) is 12.8 Å². The lowest BCUT2D eigenvalue weighted by Crippen LogP contribution is -2.25. The number of nitrogens with one attached hydrogen (secondary N) is 1. The average Bonchev–Trinajstić information content (AvgIpc) is 3.50. The number of amides is 1. The molecule has 0 radical (unpaired) electrons. The minimum absolute atomic E-state index is 0.00702. The van der Waals surface area contributed by atoms with Crippen molar-refractivity contribution in [3.05, 3.63) is 40.9 Å². The van der Waals surface area contributed by atoms with Crippen LogP contribution in [0.4, 0.5) is 0 Å². The van der Waals surface area contributed by atoms with E-state index in [9.17, 15) is 4.79 Å². The molecule has 3 aromatic rings. The summed E-state index contributed by atoms with van der Waals surface area (Å²) in [7, 11) is 3.31. The number of hydrogen-bond donors (Lipinski definition) is 1. The van der Waals surface area contributed by atoms with Gasteiger partial charge < -0.3 is 19.4 Å². The van der Waals surface area contributed by atoms with Crippen molar-refractivity contribution in [3.63, 3.8) is 0 Å². The molecule has 1 N–H and O–H groups in total. The summed E-state index contributed by atoms with van der Waals surface area (Å²) in [6.07, 6.45) is 8.47. The van der Waals surface area contributed by atoms with Gasteiger partial charge in [-0.25, -0.2) is 4.98 Å². The first kappa shape index (κ1) is 25.3. The lowest BCUT2D eigenvalue weighted by Gasteiger charge is -2.24. The van der Waals surface area contributed by atoms with E-state index in [-0.39, 0.29) is 5.91 Å². The van der Waals surface area contributed by atoms with Crippen LogP contribution >= 0.6 is 11.3 Å². The molecule has 1 amide bonds. The molecule has 188 valence electrons. The van der Waals surface area contributed by atoms with Gasteiger partial charge in [-0.2, -0.15) is 0 Å². The molecule has 0 saturated heterocycles. The molecule has 1 aliphatic carbocycles. The van der Waals surface area contributed by atoms with Gasteiger partial charge in [0.2, 0.25) is 0 Å². The number of benzene rings is 1. The Labute approximate surface area is 212 Å². The van der Waals surface area contributed by atoms with Crippen LogP contribution in [0.2, 0.25) is 0 Å².